The van der Waals surface area contributed by atoms with Crippen molar-refractivity contribution in [3.8, 4) is 0 Å². The van der Waals surface area contributed by atoms with Gasteiger partial charge < -0.3 is 0 Å². The largest absolute Gasteiger partial charge is 0.299 e. The number of hydrazine groups is 1. The number of nitrogens with one attached hydrogen (secondary N) is 3. The SMILES string of the molecule is CCCCC[NH+](CC)NC(=O)C1C[C@@H](c2ccc(Cl)cc2)N(c2ccc(Cl)cc2Cl)N1. The van der Waals surface area contributed by atoms with Crippen LogP contribution in [0.1, 0.15) is 51.1 Å². The average Bonchev–Trinajstić information content (AvgIpc) is 3.19. The van der Waals surface area contributed by atoms with E-state index in [0.29, 0.717) is 21.5 Å². The fourth-order valence-corrected chi connectivity index (χ4v) is 4.49. The number of nitrogens with zero attached hydrogens (tertiary/aromatic N) is 1. The van der Waals surface area contributed by atoms with Crippen molar-refractivity contribution in [2.45, 2.75) is 51.6 Å². The molecular formula is C23H30Cl3N4O+. The lowest BCUT2D eigenvalue weighted by molar-refractivity contribution is -0.934. The van der Waals surface area contributed by atoms with Gasteiger partial charge in [0.15, 0.2) is 0 Å². The van der Waals surface area contributed by atoms with Crippen molar-refractivity contribution in [1.29, 1.82) is 0 Å². The Morgan fingerprint density at radius 1 is 1.10 bits per heavy atom. The number of carbonyl (C=O) groups is 1. The number of quaternary nitrogens is 1. The summed E-state index contributed by atoms with van der Waals surface area (Å²) >= 11 is 18.7. The number of carbonyl (C=O) groups excluding carboxylic acids is 1. The van der Waals surface area contributed by atoms with E-state index in [2.05, 4.69) is 24.7 Å². The van der Waals surface area contributed by atoms with Crippen LogP contribution in [0.3, 0.4) is 0 Å². The van der Waals surface area contributed by atoms with Gasteiger partial charge >= 0.3 is 0 Å². The smallest absolute Gasteiger partial charge is 0.283 e. The summed E-state index contributed by atoms with van der Waals surface area (Å²) in [7, 11) is 0. The van der Waals surface area contributed by atoms with Crippen molar-refractivity contribution >= 4 is 46.4 Å². The van der Waals surface area contributed by atoms with Gasteiger partial charge in [-0.15, -0.1) is 0 Å². The van der Waals surface area contributed by atoms with Gasteiger partial charge in [0.2, 0.25) is 0 Å². The predicted octanol–water partition coefficient (Wildman–Crippen LogP) is 4.60. The molecule has 1 fully saturated rings. The van der Waals surface area contributed by atoms with Gasteiger partial charge in [0.25, 0.3) is 5.91 Å². The number of amides is 1. The first-order valence-corrected chi connectivity index (χ1v) is 12.0. The Kier molecular flexibility index (Phi) is 8.87. The second kappa shape index (κ2) is 11.4. The predicted molar refractivity (Wildman–Crippen MR) is 129 cm³/mol. The zero-order valence-corrected chi connectivity index (χ0v) is 20.2. The summed E-state index contributed by atoms with van der Waals surface area (Å²) in [6, 6.07) is 12.6. The van der Waals surface area contributed by atoms with Gasteiger partial charge in [-0.25, -0.2) is 15.9 Å². The number of rotatable bonds is 9. The highest BCUT2D eigenvalue weighted by molar-refractivity contribution is 6.36. The summed E-state index contributed by atoms with van der Waals surface area (Å²) < 4.78 is 0. The molecule has 2 aromatic rings. The van der Waals surface area contributed by atoms with Gasteiger partial charge in [-0.05, 0) is 62.1 Å². The van der Waals surface area contributed by atoms with Crippen LogP contribution in [-0.2, 0) is 4.79 Å². The summed E-state index contributed by atoms with van der Waals surface area (Å²) in [5, 5.41) is 4.83. The number of benzene rings is 2. The highest BCUT2D eigenvalue weighted by Gasteiger charge is 2.38. The maximum absolute atomic E-state index is 13.1. The molecule has 1 amide bonds. The van der Waals surface area contributed by atoms with E-state index in [-0.39, 0.29) is 18.0 Å². The molecule has 31 heavy (non-hydrogen) atoms. The van der Waals surface area contributed by atoms with E-state index in [0.717, 1.165) is 42.2 Å². The standard InChI is InChI=1S/C23H29Cl3N4O/c1-3-5-6-13-29(4-2)28-23(31)20-15-22(16-7-9-17(24)10-8-16)30(27-20)21-12-11-18(25)14-19(21)26/h7-12,14,20,22,27H,3-6,13,15H2,1-2H3,(H,28,31)/p+1/t20?,22-/m0/s1. The molecule has 0 aliphatic carbocycles. The molecule has 0 aromatic heterocycles. The average molecular weight is 485 g/mol. The van der Waals surface area contributed by atoms with Crippen molar-refractivity contribution in [3.05, 3.63) is 63.1 Å². The zero-order chi connectivity index (χ0) is 22.4. The van der Waals surface area contributed by atoms with Crippen LogP contribution in [0.25, 0.3) is 0 Å². The van der Waals surface area contributed by atoms with Crippen molar-refractivity contribution in [1.82, 2.24) is 10.9 Å². The minimum absolute atomic E-state index is 0.0140. The van der Waals surface area contributed by atoms with E-state index in [1.54, 1.807) is 12.1 Å². The first-order chi connectivity index (χ1) is 14.9. The quantitative estimate of drug-likeness (QED) is 0.360. The Bertz CT molecular complexity index is 878. The van der Waals surface area contributed by atoms with Crippen molar-refractivity contribution in [2.75, 3.05) is 18.1 Å². The minimum Gasteiger partial charge on any atom is -0.299 e. The lowest BCUT2D eigenvalue weighted by Crippen LogP contribution is -3.19. The molecule has 0 saturated carbocycles. The topological polar surface area (TPSA) is 48.8 Å². The number of hydrogen-bond acceptors (Lipinski definition) is 3. The van der Waals surface area contributed by atoms with Gasteiger partial charge in [0.1, 0.15) is 6.04 Å². The summed E-state index contributed by atoms with van der Waals surface area (Å²) in [5.41, 5.74) is 8.37. The van der Waals surface area contributed by atoms with Crippen LogP contribution in [0, 0.1) is 0 Å². The summed E-state index contributed by atoms with van der Waals surface area (Å²) in [4.78, 5) is 13.1. The lowest BCUT2D eigenvalue weighted by atomic mass is 10.0. The summed E-state index contributed by atoms with van der Waals surface area (Å²) in [6.07, 6.45) is 4.04. The van der Waals surface area contributed by atoms with Gasteiger partial charge in [-0.1, -0.05) is 60.3 Å². The molecule has 1 heterocycles. The van der Waals surface area contributed by atoms with E-state index in [4.69, 9.17) is 34.8 Å². The third-order valence-electron chi connectivity index (χ3n) is 5.61. The van der Waals surface area contributed by atoms with Gasteiger partial charge in [-0.3, -0.25) is 9.80 Å². The van der Waals surface area contributed by atoms with Crippen molar-refractivity contribution < 1.29 is 9.80 Å². The third kappa shape index (κ3) is 6.27. The van der Waals surface area contributed by atoms with Crippen molar-refractivity contribution in [3.63, 3.8) is 0 Å². The minimum atomic E-state index is -0.375. The van der Waals surface area contributed by atoms with Gasteiger partial charge in [0.05, 0.1) is 29.8 Å². The maximum atomic E-state index is 13.1. The van der Waals surface area contributed by atoms with Crippen LogP contribution in [0.2, 0.25) is 15.1 Å². The Hall–Kier alpha value is -1.50. The van der Waals surface area contributed by atoms with Gasteiger partial charge in [0, 0.05) is 10.0 Å². The fraction of sp³-hybridized carbons (Fsp3) is 0.435. The monoisotopic (exact) mass is 483 g/mol. The van der Waals surface area contributed by atoms with Crippen LogP contribution < -0.4 is 20.9 Å². The number of unbranched alkanes of at least 4 members (excludes halogenated alkanes) is 2. The van der Waals surface area contributed by atoms with E-state index in [1.165, 1.54) is 6.42 Å². The molecule has 0 spiro atoms. The van der Waals surface area contributed by atoms with Crippen LogP contribution in [0.15, 0.2) is 42.5 Å². The van der Waals surface area contributed by atoms with Crippen LogP contribution in [0.5, 0.6) is 0 Å². The third-order valence-corrected chi connectivity index (χ3v) is 6.40. The van der Waals surface area contributed by atoms with E-state index in [1.807, 2.05) is 35.3 Å². The molecule has 0 bridgehead atoms. The second-order valence-electron chi connectivity index (χ2n) is 7.85. The lowest BCUT2D eigenvalue weighted by Gasteiger charge is -2.28. The Morgan fingerprint density at radius 3 is 2.45 bits per heavy atom. The normalized spacial score (nSPS) is 19.5. The second-order valence-corrected chi connectivity index (χ2v) is 9.13. The summed E-state index contributed by atoms with van der Waals surface area (Å²) in [5.74, 6) is -0.0140. The summed E-state index contributed by atoms with van der Waals surface area (Å²) in [6.45, 7) is 6.03. The van der Waals surface area contributed by atoms with Crippen LogP contribution >= 0.6 is 34.8 Å². The molecule has 3 atom stereocenters. The molecule has 5 nitrogen and oxygen atoms in total. The molecule has 2 aromatic carbocycles. The molecule has 168 valence electrons. The Labute approximate surface area is 199 Å². The molecule has 1 aliphatic rings. The first-order valence-electron chi connectivity index (χ1n) is 10.8. The van der Waals surface area contributed by atoms with E-state index in [9.17, 15) is 4.79 Å². The number of halogens is 3. The number of anilines is 1. The molecule has 1 aliphatic heterocycles. The van der Waals surface area contributed by atoms with E-state index < -0.39 is 0 Å². The van der Waals surface area contributed by atoms with Gasteiger partial charge in [-0.2, -0.15) is 0 Å². The molecular weight excluding hydrogens is 455 g/mol. The van der Waals surface area contributed by atoms with Crippen LogP contribution in [0.4, 0.5) is 5.69 Å². The maximum Gasteiger partial charge on any atom is 0.283 e. The highest BCUT2D eigenvalue weighted by atomic mass is 35.5. The zero-order valence-electron chi connectivity index (χ0n) is 17.9. The molecule has 3 rings (SSSR count). The van der Waals surface area contributed by atoms with Crippen LogP contribution in [-0.4, -0.2) is 25.0 Å². The first kappa shape index (κ1) is 24.1. The molecule has 0 radical (unpaired) electrons. The molecule has 1 saturated heterocycles. The Morgan fingerprint density at radius 2 is 1.81 bits per heavy atom. The fourth-order valence-electron chi connectivity index (χ4n) is 3.87. The number of hydrogen-bond donors (Lipinski definition) is 3. The van der Waals surface area contributed by atoms with E-state index >= 15 is 0 Å². The highest BCUT2D eigenvalue weighted by Crippen LogP contribution is 2.38. The Balaban J connectivity index is 1.80. The van der Waals surface area contributed by atoms with Crippen molar-refractivity contribution in [2.24, 2.45) is 0 Å². The molecule has 2 unspecified atom stereocenters. The molecule has 8 heteroatoms. The molecule has 3 N–H and O–H groups in total.